The number of rotatable bonds is 4. The zero-order valence-corrected chi connectivity index (χ0v) is 12.6. The summed E-state index contributed by atoms with van der Waals surface area (Å²) in [6.45, 7) is 0. The lowest BCUT2D eigenvalue weighted by molar-refractivity contribution is -0.133. The van der Waals surface area contributed by atoms with Crippen LogP contribution in [0.4, 0.5) is 14.5 Å². The smallest absolute Gasteiger partial charge is 0.261 e. The molecule has 2 aromatic rings. The van der Waals surface area contributed by atoms with Gasteiger partial charge in [0.1, 0.15) is 17.4 Å². The highest BCUT2D eigenvalue weighted by Crippen LogP contribution is 2.39. The lowest BCUT2D eigenvalue weighted by Gasteiger charge is -2.20. The predicted molar refractivity (Wildman–Crippen MR) is 80.8 cm³/mol. The van der Waals surface area contributed by atoms with Crippen molar-refractivity contribution in [2.45, 2.75) is 12.0 Å². The number of Topliss-reactive ketones (excluding diaryl/α,β-unsaturated/α-hetero) is 1. The summed E-state index contributed by atoms with van der Waals surface area (Å²) in [4.78, 5) is 24.4. The number of amides is 1. The number of benzene rings is 2. The molecule has 1 atom stereocenters. The van der Waals surface area contributed by atoms with E-state index in [1.165, 1.54) is 25.3 Å². The van der Waals surface area contributed by atoms with Crippen LogP contribution in [0.15, 0.2) is 36.4 Å². The van der Waals surface area contributed by atoms with Gasteiger partial charge in [-0.25, -0.2) is 8.78 Å². The van der Waals surface area contributed by atoms with Gasteiger partial charge in [0, 0.05) is 17.3 Å². The molecule has 0 fully saturated rings. The minimum absolute atomic E-state index is 0.0465. The number of carbonyl (C=O) groups excluding carboxylic acids is 2. The van der Waals surface area contributed by atoms with Gasteiger partial charge in [0.05, 0.1) is 19.1 Å². The molecule has 24 heavy (non-hydrogen) atoms. The van der Waals surface area contributed by atoms with Crippen molar-refractivity contribution in [1.29, 1.82) is 0 Å². The number of ether oxygens (including phenoxy) is 1. The monoisotopic (exact) mass is 333 g/mol. The summed E-state index contributed by atoms with van der Waals surface area (Å²) in [6.07, 6.45) is -0.710. The Morgan fingerprint density at radius 3 is 2.67 bits per heavy atom. The second kappa shape index (κ2) is 5.68. The van der Waals surface area contributed by atoms with Crippen LogP contribution in [-0.2, 0) is 10.4 Å². The number of hydrogen-bond donors (Lipinski definition) is 2. The summed E-state index contributed by atoms with van der Waals surface area (Å²) in [7, 11) is 1.35. The third kappa shape index (κ3) is 2.52. The number of aliphatic hydroxyl groups is 1. The van der Waals surface area contributed by atoms with E-state index in [1.807, 2.05) is 0 Å². The fourth-order valence-electron chi connectivity index (χ4n) is 2.67. The molecule has 5 nitrogen and oxygen atoms in total. The van der Waals surface area contributed by atoms with Crippen LogP contribution in [-0.4, -0.2) is 23.9 Å². The van der Waals surface area contributed by atoms with Crippen molar-refractivity contribution in [3.63, 3.8) is 0 Å². The molecule has 2 N–H and O–H groups in total. The summed E-state index contributed by atoms with van der Waals surface area (Å²) in [5, 5.41) is 13.0. The molecule has 0 aliphatic carbocycles. The van der Waals surface area contributed by atoms with Gasteiger partial charge < -0.3 is 15.2 Å². The largest absolute Gasteiger partial charge is 0.497 e. The second-order valence-corrected chi connectivity index (χ2v) is 5.45. The first-order valence-corrected chi connectivity index (χ1v) is 7.06. The van der Waals surface area contributed by atoms with Gasteiger partial charge in [0.15, 0.2) is 11.4 Å². The first-order chi connectivity index (χ1) is 11.3. The standard InChI is InChI=1S/C17H13F2NO4/c1-24-10-3-4-11(13(19)7-10)15(21)8-17(23)12-6-9(18)2-5-14(12)20-16(17)22/h2-7,23H,8H2,1H3,(H,20,22)/t17-/m0/s1. The number of ketones is 1. The quantitative estimate of drug-likeness (QED) is 0.843. The molecule has 0 aromatic heterocycles. The normalized spacial score (nSPS) is 18.9. The number of anilines is 1. The average Bonchev–Trinajstić information content (AvgIpc) is 2.78. The zero-order chi connectivity index (χ0) is 17.5. The van der Waals surface area contributed by atoms with Gasteiger partial charge in [0.25, 0.3) is 5.91 Å². The van der Waals surface area contributed by atoms with Gasteiger partial charge in [0.2, 0.25) is 0 Å². The summed E-state index contributed by atoms with van der Waals surface area (Å²) in [5.41, 5.74) is -2.37. The second-order valence-electron chi connectivity index (χ2n) is 5.45. The van der Waals surface area contributed by atoms with Gasteiger partial charge in [-0.15, -0.1) is 0 Å². The van der Waals surface area contributed by atoms with Crippen LogP contribution in [0.1, 0.15) is 22.3 Å². The van der Waals surface area contributed by atoms with E-state index in [-0.39, 0.29) is 22.6 Å². The molecule has 0 saturated heterocycles. The molecule has 0 spiro atoms. The van der Waals surface area contributed by atoms with Crippen molar-refractivity contribution < 1.29 is 28.2 Å². The summed E-state index contributed by atoms with van der Waals surface area (Å²) < 4.78 is 32.3. The van der Waals surface area contributed by atoms with E-state index in [2.05, 4.69) is 5.32 Å². The van der Waals surface area contributed by atoms with Crippen LogP contribution >= 0.6 is 0 Å². The Labute approximate surface area is 135 Å². The van der Waals surface area contributed by atoms with Gasteiger partial charge in [-0.2, -0.15) is 0 Å². The van der Waals surface area contributed by atoms with E-state index in [9.17, 15) is 23.5 Å². The molecule has 1 aliphatic heterocycles. The van der Waals surface area contributed by atoms with Crippen molar-refractivity contribution in [2.24, 2.45) is 0 Å². The highest BCUT2D eigenvalue weighted by molar-refractivity contribution is 6.09. The minimum atomic E-state index is -2.25. The molecule has 0 saturated carbocycles. The maximum Gasteiger partial charge on any atom is 0.261 e. The Balaban J connectivity index is 1.95. The van der Waals surface area contributed by atoms with Crippen LogP contribution in [0, 0.1) is 11.6 Å². The van der Waals surface area contributed by atoms with E-state index in [0.717, 1.165) is 18.2 Å². The molecule has 1 aliphatic rings. The van der Waals surface area contributed by atoms with Gasteiger partial charge in [-0.3, -0.25) is 9.59 Å². The number of hydrogen-bond acceptors (Lipinski definition) is 4. The number of carbonyl (C=O) groups is 2. The van der Waals surface area contributed by atoms with Crippen LogP contribution in [0.3, 0.4) is 0 Å². The molecule has 0 radical (unpaired) electrons. The van der Waals surface area contributed by atoms with Crippen LogP contribution in [0.2, 0.25) is 0 Å². The third-order valence-electron chi connectivity index (χ3n) is 3.94. The first kappa shape index (κ1) is 16.1. The van der Waals surface area contributed by atoms with E-state index in [1.54, 1.807) is 0 Å². The molecule has 7 heteroatoms. The summed E-state index contributed by atoms with van der Waals surface area (Å²) >= 11 is 0. The molecule has 1 heterocycles. The van der Waals surface area contributed by atoms with Gasteiger partial charge in [-0.05, 0) is 30.3 Å². The van der Waals surface area contributed by atoms with Crippen molar-refractivity contribution in [1.82, 2.24) is 0 Å². The number of halogens is 2. The Kier molecular flexibility index (Phi) is 3.81. The topological polar surface area (TPSA) is 75.6 Å². The Morgan fingerprint density at radius 1 is 1.25 bits per heavy atom. The van der Waals surface area contributed by atoms with E-state index >= 15 is 0 Å². The fraction of sp³-hybridized carbons (Fsp3) is 0.176. The maximum absolute atomic E-state index is 14.0. The molecular formula is C17H13F2NO4. The highest BCUT2D eigenvalue weighted by atomic mass is 19.1. The number of nitrogens with one attached hydrogen (secondary N) is 1. The van der Waals surface area contributed by atoms with Crippen molar-refractivity contribution in [2.75, 3.05) is 12.4 Å². The number of methoxy groups -OCH3 is 1. The lowest BCUT2D eigenvalue weighted by atomic mass is 9.88. The molecule has 0 bridgehead atoms. The van der Waals surface area contributed by atoms with Crippen molar-refractivity contribution >= 4 is 17.4 Å². The Hall–Kier alpha value is -2.80. The van der Waals surface area contributed by atoms with Gasteiger partial charge in [-0.1, -0.05) is 0 Å². The van der Waals surface area contributed by atoms with E-state index in [4.69, 9.17) is 4.74 Å². The third-order valence-corrected chi connectivity index (χ3v) is 3.94. The number of fused-ring (bicyclic) bond motifs is 1. The van der Waals surface area contributed by atoms with Crippen molar-refractivity contribution in [3.05, 3.63) is 59.2 Å². The van der Waals surface area contributed by atoms with Crippen LogP contribution in [0.25, 0.3) is 0 Å². The summed E-state index contributed by atoms with van der Waals surface area (Å²) in [5.74, 6) is -2.91. The van der Waals surface area contributed by atoms with Crippen LogP contribution < -0.4 is 10.1 Å². The Bertz CT molecular complexity index is 852. The average molecular weight is 333 g/mol. The molecule has 124 valence electrons. The van der Waals surface area contributed by atoms with Crippen molar-refractivity contribution in [3.8, 4) is 5.75 Å². The summed E-state index contributed by atoms with van der Waals surface area (Å²) in [6, 6.07) is 7.02. The first-order valence-electron chi connectivity index (χ1n) is 7.06. The predicted octanol–water partition coefficient (Wildman–Crippen LogP) is 2.39. The maximum atomic E-state index is 14.0. The highest BCUT2D eigenvalue weighted by Gasteiger charge is 2.47. The van der Waals surface area contributed by atoms with Gasteiger partial charge >= 0.3 is 0 Å². The zero-order valence-electron chi connectivity index (χ0n) is 12.6. The molecule has 1 amide bonds. The lowest BCUT2D eigenvalue weighted by Crippen LogP contribution is -2.36. The van der Waals surface area contributed by atoms with Crippen LogP contribution in [0.5, 0.6) is 5.75 Å². The van der Waals surface area contributed by atoms with E-state index in [0.29, 0.717) is 0 Å². The molecule has 3 rings (SSSR count). The fourth-order valence-corrected chi connectivity index (χ4v) is 2.67. The SMILES string of the molecule is COc1ccc(C(=O)C[C@@]2(O)C(=O)Nc3ccc(F)cc32)c(F)c1. The molecular weight excluding hydrogens is 320 g/mol. The minimum Gasteiger partial charge on any atom is -0.497 e. The van der Waals surface area contributed by atoms with E-state index < -0.39 is 35.3 Å². The molecule has 2 aromatic carbocycles. The molecule has 0 unspecified atom stereocenters. The Morgan fingerprint density at radius 2 is 2.00 bits per heavy atom.